The Kier molecular flexibility index (Phi) is 7.85. The minimum Gasteiger partial charge on any atom is -0.295 e. The lowest BCUT2D eigenvalue weighted by atomic mass is 10.1. The molecular formula is C16H9F9O4S4. The fraction of sp³-hybridized carbons (Fsp3) is 0.312. The molecule has 4 nitrogen and oxygen atoms in total. The average molecular weight is 564 g/mol. The van der Waals surface area contributed by atoms with Crippen molar-refractivity contribution in [1.29, 1.82) is 0 Å². The van der Waals surface area contributed by atoms with E-state index in [1.807, 2.05) is 0 Å². The van der Waals surface area contributed by atoms with Gasteiger partial charge in [-0.05, 0) is 31.2 Å². The van der Waals surface area contributed by atoms with Gasteiger partial charge in [-0.2, -0.15) is 51.6 Å². The van der Waals surface area contributed by atoms with Crippen LogP contribution in [0.15, 0.2) is 49.7 Å². The number of ketones is 1. The molecule has 0 aliphatic heterocycles. The summed E-state index contributed by atoms with van der Waals surface area (Å²) in [5, 5.41) is -6.92. The Morgan fingerprint density at radius 2 is 1.36 bits per heavy atom. The van der Waals surface area contributed by atoms with Crippen molar-refractivity contribution < 1.29 is 56.4 Å². The highest BCUT2D eigenvalue weighted by Crippen LogP contribution is 2.55. The Hall–Kier alpha value is -1.43. The molecule has 2 aromatic rings. The van der Waals surface area contributed by atoms with E-state index in [1.165, 1.54) is 25.1 Å². The summed E-state index contributed by atoms with van der Waals surface area (Å²) in [4.78, 5) is 11.8. The van der Waals surface area contributed by atoms with Crippen LogP contribution in [0.2, 0.25) is 0 Å². The summed E-state index contributed by atoms with van der Waals surface area (Å²) in [6.07, 6.45) is -7.16. The molecule has 0 aliphatic rings. The molecule has 0 saturated carbocycles. The zero-order valence-corrected chi connectivity index (χ0v) is 18.9. The van der Waals surface area contributed by atoms with Crippen molar-refractivity contribution in [3.05, 3.63) is 42.0 Å². The minimum atomic E-state index is -7.37. The quantitative estimate of drug-likeness (QED) is 0.188. The number of hydrogen-bond acceptors (Lipinski definition) is 7. The van der Waals surface area contributed by atoms with Crippen molar-refractivity contribution in [2.75, 3.05) is 0 Å². The SMILES string of the molecule is CC(=O)c1ccc(Sc2ccc(SOS(=O)(=O)C(F)(F)C(F)(F)C(F)(F)C(F)(F)F)s2)cc1. The molecule has 1 aromatic carbocycles. The van der Waals surface area contributed by atoms with Gasteiger partial charge in [0, 0.05) is 10.5 Å². The van der Waals surface area contributed by atoms with Gasteiger partial charge in [0.1, 0.15) is 0 Å². The van der Waals surface area contributed by atoms with Crippen molar-refractivity contribution in [2.24, 2.45) is 0 Å². The summed E-state index contributed by atoms with van der Waals surface area (Å²) in [5.74, 6) is -14.9. The number of hydrogen-bond donors (Lipinski definition) is 0. The van der Waals surface area contributed by atoms with Gasteiger partial charge in [0.2, 0.25) is 0 Å². The van der Waals surface area contributed by atoms with Crippen LogP contribution in [0.3, 0.4) is 0 Å². The zero-order chi connectivity index (χ0) is 25.5. The maximum Gasteiger partial charge on any atom is 0.460 e. The first-order chi connectivity index (χ1) is 14.8. The lowest BCUT2D eigenvalue weighted by Crippen LogP contribution is -2.63. The first-order valence-corrected chi connectivity index (χ1v) is 11.8. The lowest BCUT2D eigenvalue weighted by molar-refractivity contribution is -0.382. The highest BCUT2D eigenvalue weighted by Gasteiger charge is 2.85. The van der Waals surface area contributed by atoms with Crippen LogP contribution in [0.5, 0.6) is 0 Å². The fourth-order valence-electron chi connectivity index (χ4n) is 1.92. The topological polar surface area (TPSA) is 60.4 Å². The van der Waals surface area contributed by atoms with Gasteiger partial charge in [-0.3, -0.25) is 4.79 Å². The predicted octanol–water partition coefficient (Wildman–Crippen LogP) is 6.88. The molecule has 1 aromatic heterocycles. The van der Waals surface area contributed by atoms with E-state index in [2.05, 4.69) is 3.63 Å². The van der Waals surface area contributed by atoms with Crippen molar-refractivity contribution in [1.82, 2.24) is 0 Å². The lowest BCUT2D eigenvalue weighted by Gasteiger charge is -2.32. The Balaban J connectivity index is 2.14. The molecular weight excluding hydrogens is 555 g/mol. The van der Waals surface area contributed by atoms with Crippen LogP contribution >= 0.6 is 35.1 Å². The van der Waals surface area contributed by atoms with Crippen LogP contribution in [0.25, 0.3) is 0 Å². The van der Waals surface area contributed by atoms with Crippen molar-refractivity contribution in [3.63, 3.8) is 0 Å². The summed E-state index contributed by atoms with van der Waals surface area (Å²) in [5.41, 5.74) is 0.425. The van der Waals surface area contributed by atoms with E-state index in [-0.39, 0.29) is 9.99 Å². The maximum atomic E-state index is 13.6. The molecule has 0 spiro atoms. The van der Waals surface area contributed by atoms with E-state index in [9.17, 15) is 52.7 Å². The van der Waals surface area contributed by atoms with E-state index in [1.54, 1.807) is 12.1 Å². The van der Waals surface area contributed by atoms with Crippen molar-refractivity contribution >= 4 is 51.0 Å². The summed E-state index contributed by atoms with van der Waals surface area (Å²) in [6.45, 7) is 1.35. The van der Waals surface area contributed by atoms with E-state index >= 15 is 0 Å². The first-order valence-electron chi connectivity index (χ1n) is 8.03. The van der Waals surface area contributed by atoms with Gasteiger partial charge in [0.15, 0.2) is 5.78 Å². The van der Waals surface area contributed by atoms with Crippen molar-refractivity contribution in [3.8, 4) is 0 Å². The molecule has 0 amide bonds. The molecule has 17 heteroatoms. The molecule has 0 bridgehead atoms. The summed E-state index contributed by atoms with van der Waals surface area (Å²) in [7, 11) is -6.95. The zero-order valence-electron chi connectivity index (χ0n) is 15.6. The second-order valence-corrected chi connectivity index (χ2v) is 11.3. The van der Waals surface area contributed by atoms with Crippen LogP contribution in [-0.2, 0) is 13.7 Å². The Morgan fingerprint density at radius 3 is 1.85 bits per heavy atom. The van der Waals surface area contributed by atoms with E-state index < -0.39 is 45.4 Å². The van der Waals surface area contributed by atoms with E-state index in [0.29, 0.717) is 26.0 Å². The Morgan fingerprint density at radius 1 is 0.848 bits per heavy atom. The number of carbonyl (C=O) groups excluding carboxylic acids is 1. The summed E-state index contributed by atoms with van der Waals surface area (Å²) >= 11 is 1.35. The molecule has 0 N–H and O–H groups in total. The molecule has 0 atom stereocenters. The molecule has 2 rings (SSSR count). The fourth-order valence-corrected chi connectivity index (χ4v) is 6.10. The largest absolute Gasteiger partial charge is 0.460 e. The molecule has 184 valence electrons. The highest BCUT2D eigenvalue weighted by molar-refractivity contribution is 8.06. The van der Waals surface area contributed by atoms with E-state index in [0.717, 1.165) is 17.8 Å². The van der Waals surface area contributed by atoms with E-state index in [4.69, 9.17) is 0 Å². The third kappa shape index (κ3) is 5.47. The Bertz CT molecular complexity index is 1110. The standard InChI is InChI=1S/C16H9F9O4S4/c1-8(26)9-2-4-10(5-3-9)30-11-6-7-12(31-11)32-29-33(27,28)16(24,25)14(19,20)13(17,18)15(21,22)23/h2-7H,1H3. The normalized spacial score (nSPS) is 13.9. The van der Waals surface area contributed by atoms with Crippen LogP contribution < -0.4 is 0 Å². The first kappa shape index (κ1) is 27.8. The molecule has 0 radical (unpaired) electrons. The van der Waals surface area contributed by atoms with Gasteiger partial charge >= 0.3 is 33.4 Å². The monoisotopic (exact) mass is 564 g/mol. The number of Topliss-reactive ketones (excluding diaryl/α,β-unsaturated/α-hetero) is 1. The molecule has 0 unspecified atom stereocenters. The molecule has 0 fully saturated rings. The summed E-state index contributed by atoms with van der Waals surface area (Å²) in [6, 6.07) is 8.62. The average Bonchev–Trinajstić information content (AvgIpc) is 3.13. The smallest absolute Gasteiger partial charge is 0.295 e. The van der Waals surface area contributed by atoms with Crippen LogP contribution in [0.4, 0.5) is 39.5 Å². The number of halogens is 9. The Labute approximate surface area is 192 Å². The maximum absolute atomic E-state index is 13.6. The number of benzene rings is 1. The summed E-state index contributed by atoms with van der Waals surface area (Å²) < 4.78 is 143. The van der Waals surface area contributed by atoms with Crippen LogP contribution in [0, 0.1) is 0 Å². The number of thiophene rings is 1. The highest BCUT2D eigenvalue weighted by atomic mass is 32.3. The van der Waals surface area contributed by atoms with Gasteiger partial charge in [-0.25, -0.2) is 0 Å². The van der Waals surface area contributed by atoms with Gasteiger partial charge in [0.05, 0.1) is 20.5 Å². The number of carbonyl (C=O) groups is 1. The number of rotatable bonds is 9. The molecule has 0 saturated heterocycles. The number of alkyl halides is 9. The van der Waals surface area contributed by atoms with Crippen molar-refractivity contribution in [2.45, 2.75) is 43.5 Å². The molecule has 33 heavy (non-hydrogen) atoms. The third-order valence-corrected chi connectivity index (χ3v) is 8.32. The predicted molar refractivity (Wildman–Crippen MR) is 102 cm³/mol. The van der Waals surface area contributed by atoms with Crippen LogP contribution in [0.1, 0.15) is 17.3 Å². The second-order valence-electron chi connectivity index (χ2n) is 6.02. The minimum absolute atomic E-state index is 0.185. The second kappa shape index (κ2) is 9.31. The molecule has 1 heterocycles. The van der Waals surface area contributed by atoms with Gasteiger partial charge in [-0.1, -0.05) is 23.9 Å². The van der Waals surface area contributed by atoms with Gasteiger partial charge in [-0.15, -0.1) is 11.3 Å². The molecule has 0 aliphatic carbocycles. The van der Waals surface area contributed by atoms with Crippen LogP contribution in [-0.4, -0.2) is 37.5 Å². The van der Waals surface area contributed by atoms with Gasteiger partial charge in [0.25, 0.3) is 0 Å². The third-order valence-electron chi connectivity index (χ3n) is 3.67. The van der Waals surface area contributed by atoms with Gasteiger partial charge < -0.3 is 0 Å².